The maximum atomic E-state index is 13.0. The lowest BCUT2D eigenvalue weighted by Gasteiger charge is -2.58. The molecule has 10 nitrogen and oxygen atoms in total. The summed E-state index contributed by atoms with van der Waals surface area (Å²) in [5.74, 6) is -2.38. The van der Waals surface area contributed by atoms with Crippen LogP contribution in [0.5, 0.6) is 0 Å². The largest absolute Gasteiger partial charge is 0.463 e. The van der Waals surface area contributed by atoms with E-state index in [-0.39, 0.29) is 43.5 Å². The molecule has 2 spiro atoms. The fraction of sp³-hybridized carbons (Fsp3) is 0.741. The molecule has 2 aliphatic carbocycles. The molecule has 37 heavy (non-hydrogen) atoms. The molecule has 202 valence electrons. The Kier molecular flexibility index (Phi) is 5.66. The molecule has 1 N–H and O–H groups in total. The van der Waals surface area contributed by atoms with Gasteiger partial charge in [-0.2, -0.15) is 0 Å². The van der Waals surface area contributed by atoms with Gasteiger partial charge in [-0.3, -0.25) is 0 Å². The highest BCUT2D eigenvalue weighted by Crippen LogP contribution is 2.75. The van der Waals surface area contributed by atoms with Gasteiger partial charge in [-0.1, -0.05) is 26.0 Å². The van der Waals surface area contributed by atoms with Crippen molar-refractivity contribution in [1.29, 1.82) is 0 Å². The van der Waals surface area contributed by atoms with Gasteiger partial charge >= 0.3 is 17.9 Å². The van der Waals surface area contributed by atoms with Crippen molar-refractivity contribution < 1.29 is 47.9 Å². The van der Waals surface area contributed by atoms with Crippen molar-refractivity contribution in [3.05, 3.63) is 24.3 Å². The van der Waals surface area contributed by atoms with Crippen LogP contribution in [-0.2, 0) is 42.8 Å². The van der Waals surface area contributed by atoms with Gasteiger partial charge in [-0.15, -0.1) is 0 Å². The number of carbonyl (C=O) groups excluding carboxylic acids is 3. The van der Waals surface area contributed by atoms with Crippen molar-refractivity contribution in [3.63, 3.8) is 0 Å². The highest BCUT2D eigenvalue weighted by Gasteiger charge is 2.86. The van der Waals surface area contributed by atoms with Crippen LogP contribution in [0.15, 0.2) is 24.3 Å². The molecule has 0 radical (unpaired) electrons. The lowest BCUT2D eigenvalue weighted by atomic mass is 9.50. The van der Waals surface area contributed by atoms with Gasteiger partial charge in [0.05, 0.1) is 36.4 Å². The lowest BCUT2D eigenvalue weighted by molar-refractivity contribution is -0.252. The van der Waals surface area contributed by atoms with Crippen molar-refractivity contribution in [2.75, 3.05) is 19.8 Å². The monoisotopic (exact) mass is 518 g/mol. The zero-order valence-corrected chi connectivity index (χ0v) is 21.3. The molecule has 10 atom stereocenters. The zero-order valence-electron chi connectivity index (χ0n) is 21.3. The average molecular weight is 519 g/mol. The predicted octanol–water partition coefficient (Wildman–Crippen LogP) is 1.38. The van der Waals surface area contributed by atoms with E-state index in [4.69, 9.17) is 28.4 Å². The van der Waals surface area contributed by atoms with Gasteiger partial charge in [-0.25, -0.2) is 14.4 Å². The number of cyclic esters (lactones) is 2. The third-order valence-corrected chi connectivity index (χ3v) is 10.0. The average Bonchev–Trinajstić information content (AvgIpc) is 3.77. The second-order valence-corrected chi connectivity index (χ2v) is 11.8. The van der Waals surface area contributed by atoms with E-state index in [2.05, 4.69) is 13.8 Å². The summed E-state index contributed by atoms with van der Waals surface area (Å²) in [5, 5.41) is 10.7. The van der Waals surface area contributed by atoms with E-state index in [1.807, 2.05) is 0 Å². The Balaban J connectivity index is 1.37. The number of fused-ring (bicyclic) bond motifs is 2. The first-order chi connectivity index (χ1) is 17.6. The van der Waals surface area contributed by atoms with E-state index in [1.165, 1.54) is 24.3 Å². The third-order valence-electron chi connectivity index (χ3n) is 10.0. The lowest BCUT2D eigenvalue weighted by Crippen LogP contribution is -2.69. The molecule has 6 rings (SSSR count). The van der Waals surface area contributed by atoms with Crippen molar-refractivity contribution in [3.8, 4) is 0 Å². The Hall–Kier alpha value is -2.27. The molecule has 10 heteroatoms. The summed E-state index contributed by atoms with van der Waals surface area (Å²) in [6, 6.07) is 0. The van der Waals surface area contributed by atoms with E-state index in [0.717, 1.165) is 6.42 Å². The number of epoxide rings is 2. The molecular formula is C27H34O10. The van der Waals surface area contributed by atoms with Crippen LogP contribution >= 0.6 is 0 Å². The van der Waals surface area contributed by atoms with E-state index in [1.54, 1.807) is 6.92 Å². The standard InChI is InChI=1S/C27H34O10/c1-15-8-11-32-18(28)6-4-5-7-19(29)35-16-12-17-27(14-34-27)25(16,3)26(13-33-23(31)20(15)30)10-9-24(2)21(37-24)22(26)36-17/h4-7,15-17,20-22,30H,8-14H2,1-3H3/b6-4+,7-5-/t15-,16-,17-,20+,21+,22-,24?,25-,26?,27-/m1/s1. The summed E-state index contributed by atoms with van der Waals surface area (Å²) in [6.45, 7) is 6.30. The summed E-state index contributed by atoms with van der Waals surface area (Å²) >= 11 is 0. The van der Waals surface area contributed by atoms with Crippen molar-refractivity contribution in [1.82, 2.24) is 0 Å². The van der Waals surface area contributed by atoms with E-state index < -0.39 is 52.5 Å². The minimum Gasteiger partial charge on any atom is -0.463 e. The summed E-state index contributed by atoms with van der Waals surface area (Å²) in [7, 11) is 0. The highest BCUT2D eigenvalue weighted by molar-refractivity contribution is 5.84. The summed E-state index contributed by atoms with van der Waals surface area (Å²) in [4.78, 5) is 37.7. The molecule has 0 aromatic heterocycles. The Morgan fingerprint density at radius 3 is 2.41 bits per heavy atom. The summed E-state index contributed by atoms with van der Waals surface area (Å²) in [6.07, 6.45) is 4.66. The Morgan fingerprint density at radius 2 is 1.68 bits per heavy atom. The van der Waals surface area contributed by atoms with Crippen LogP contribution < -0.4 is 0 Å². The Labute approximate surface area is 215 Å². The third kappa shape index (κ3) is 3.56. The normalized spacial score (nSPS) is 52.9. The van der Waals surface area contributed by atoms with Crippen LogP contribution in [-0.4, -0.2) is 84.6 Å². The first kappa shape index (κ1) is 25.0. The second kappa shape index (κ2) is 8.36. The zero-order chi connectivity index (χ0) is 26.2. The number of ether oxygens (including phenoxy) is 6. The summed E-state index contributed by atoms with van der Waals surface area (Å²) < 4.78 is 35.9. The molecular weight excluding hydrogens is 484 g/mol. The van der Waals surface area contributed by atoms with Crippen LogP contribution in [0, 0.1) is 16.7 Å². The molecule has 4 heterocycles. The number of hydrogen-bond acceptors (Lipinski definition) is 10. The van der Waals surface area contributed by atoms with Crippen LogP contribution in [0.2, 0.25) is 0 Å². The van der Waals surface area contributed by atoms with Crippen molar-refractivity contribution in [2.24, 2.45) is 16.7 Å². The first-order valence-electron chi connectivity index (χ1n) is 13.1. The van der Waals surface area contributed by atoms with Crippen molar-refractivity contribution >= 4 is 17.9 Å². The molecule has 4 aliphatic heterocycles. The number of rotatable bonds is 0. The quantitative estimate of drug-likeness (QED) is 0.285. The van der Waals surface area contributed by atoms with E-state index in [0.29, 0.717) is 19.4 Å². The molecule has 0 amide bonds. The fourth-order valence-electron chi connectivity index (χ4n) is 7.36. The van der Waals surface area contributed by atoms with Gasteiger partial charge in [-0.05, 0) is 32.1 Å². The smallest absolute Gasteiger partial charge is 0.335 e. The van der Waals surface area contributed by atoms with Crippen LogP contribution in [0.3, 0.4) is 0 Å². The van der Waals surface area contributed by atoms with Crippen molar-refractivity contribution in [2.45, 2.75) is 88.2 Å². The highest BCUT2D eigenvalue weighted by atomic mass is 16.7. The molecule has 0 aromatic rings. The number of carbonyl (C=O) groups is 3. The summed E-state index contributed by atoms with van der Waals surface area (Å²) in [5.41, 5.74) is -2.40. The SMILES string of the molecule is C[C@@H]1CCOC(=O)/C=C/C=C\C(=O)O[C@@H]2C[C@H]3O[C@@H]4[C@@H]5OC5(C)CCC4(COC(=O)[C@H]1O)[C@]2(C)[C@@]31CO1. The van der Waals surface area contributed by atoms with Gasteiger partial charge in [0.25, 0.3) is 0 Å². The predicted molar refractivity (Wildman–Crippen MR) is 125 cm³/mol. The van der Waals surface area contributed by atoms with Gasteiger partial charge in [0.2, 0.25) is 0 Å². The first-order valence-corrected chi connectivity index (χ1v) is 13.1. The van der Waals surface area contributed by atoms with Gasteiger partial charge in [0.1, 0.15) is 24.4 Å². The topological polar surface area (TPSA) is 133 Å². The molecule has 2 bridgehead atoms. The van der Waals surface area contributed by atoms with Crippen LogP contribution in [0.1, 0.15) is 46.5 Å². The number of hydrogen-bond donors (Lipinski definition) is 1. The van der Waals surface area contributed by atoms with Crippen LogP contribution in [0.25, 0.3) is 0 Å². The van der Waals surface area contributed by atoms with E-state index >= 15 is 0 Å². The minimum atomic E-state index is -1.38. The number of allylic oxidation sites excluding steroid dienone is 2. The minimum absolute atomic E-state index is 0.0217. The molecule has 2 saturated carbocycles. The number of esters is 3. The molecule has 0 aromatic carbocycles. The van der Waals surface area contributed by atoms with Gasteiger partial charge in [0, 0.05) is 24.0 Å². The Morgan fingerprint density at radius 1 is 0.946 bits per heavy atom. The van der Waals surface area contributed by atoms with E-state index in [9.17, 15) is 19.5 Å². The number of aliphatic hydroxyl groups excluding tert-OH is 1. The molecule has 3 saturated heterocycles. The second-order valence-electron chi connectivity index (χ2n) is 11.8. The van der Waals surface area contributed by atoms with Gasteiger partial charge in [0.15, 0.2) is 6.10 Å². The maximum Gasteiger partial charge on any atom is 0.335 e. The molecule has 6 aliphatic rings. The molecule has 2 unspecified atom stereocenters. The number of aliphatic hydroxyl groups is 1. The van der Waals surface area contributed by atoms with Gasteiger partial charge < -0.3 is 33.5 Å². The Bertz CT molecular complexity index is 1060. The van der Waals surface area contributed by atoms with Crippen LogP contribution in [0.4, 0.5) is 0 Å². The maximum absolute atomic E-state index is 13.0. The molecule has 5 fully saturated rings. The fourth-order valence-corrected chi connectivity index (χ4v) is 7.36.